The molecule has 1 aromatic carbocycles. The van der Waals surface area contributed by atoms with Gasteiger partial charge in [-0.1, -0.05) is 37.3 Å². The Morgan fingerprint density at radius 3 is 2.44 bits per heavy atom. The second-order valence-electron chi connectivity index (χ2n) is 4.81. The standard InChI is InChI=1S/C14H21N3.HI/c1-10-9-13(10)17-14(15-3)16-11(2)12-7-5-4-6-8-12;/h4-8,10-11,13H,9H2,1-3H3,(H2,15,16,17);1H. The second-order valence-corrected chi connectivity index (χ2v) is 4.81. The van der Waals surface area contributed by atoms with Gasteiger partial charge in [-0.05, 0) is 24.8 Å². The maximum atomic E-state index is 4.26. The highest BCUT2D eigenvalue weighted by Crippen LogP contribution is 2.28. The number of hydrogen-bond donors (Lipinski definition) is 2. The van der Waals surface area contributed by atoms with E-state index in [1.807, 2.05) is 13.1 Å². The number of nitrogens with one attached hydrogen (secondary N) is 2. The quantitative estimate of drug-likeness (QED) is 0.495. The summed E-state index contributed by atoms with van der Waals surface area (Å²) in [6.45, 7) is 4.41. The van der Waals surface area contributed by atoms with Crippen LogP contribution in [-0.4, -0.2) is 19.0 Å². The third-order valence-corrected chi connectivity index (χ3v) is 3.31. The maximum Gasteiger partial charge on any atom is 0.191 e. The van der Waals surface area contributed by atoms with Gasteiger partial charge in [-0.25, -0.2) is 0 Å². The van der Waals surface area contributed by atoms with Crippen LogP contribution in [0.1, 0.15) is 31.9 Å². The van der Waals surface area contributed by atoms with E-state index < -0.39 is 0 Å². The average Bonchev–Trinajstić information content (AvgIpc) is 3.05. The number of halogens is 1. The van der Waals surface area contributed by atoms with Crippen molar-refractivity contribution in [3.63, 3.8) is 0 Å². The van der Waals surface area contributed by atoms with Crippen molar-refractivity contribution >= 4 is 29.9 Å². The summed E-state index contributed by atoms with van der Waals surface area (Å²) in [6, 6.07) is 11.3. The Hall–Kier alpha value is -0.780. The molecule has 0 spiro atoms. The first kappa shape index (κ1) is 15.3. The van der Waals surface area contributed by atoms with Crippen molar-refractivity contribution in [2.45, 2.75) is 32.4 Å². The minimum Gasteiger partial charge on any atom is -0.353 e. The van der Waals surface area contributed by atoms with Crippen molar-refractivity contribution in [2.24, 2.45) is 10.9 Å². The van der Waals surface area contributed by atoms with E-state index in [0.717, 1.165) is 11.9 Å². The lowest BCUT2D eigenvalue weighted by atomic mass is 10.1. The predicted molar refractivity (Wildman–Crippen MR) is 87.5 cm³/mol. The van der Waals surface area contributed by atoms with Crippen molar-refractivity contribution in [2.75, 3.05) is 7.05 Å². The van der Waals surface area contributed by atoms with Crippen LogP contribution < -0.4 is 10.6 Å². The molecule has 1 aliphatic carbocycles. The fourth-order valence-corrected chi connectivity index (χ4v) is 1.90. The molecule has 0 radical (unpaired) electrons. The normalized spacial score (nSPS) is 23.8. The number of rotatable bonds is 3. The molecule has 2 N–H and O–H groups in total. The van der Waals surface area contributed by atoms with Gasteiger partial charge in [0.1, 0.15) is 0 Å². The van der Waals surface area contributed by atoms with Gasteiger partial charge in [0.2, 0.25) is 0 Å². The van der Waals surface area contributed by atoms with Crippen molar-refractivity contribution in [3.05, 3.63) is 35.9 Å². The van der Waals surface area contributed by atoms with Crippen LogP contribution >= 0.6 is 24.0 Å². The van der Waals surface area contributed by atoms with Gasteiger partial charge in [0.05, 0.1) is 6.04 Å². The molecular formula is C14H22IN3. The van der Waals surface area contributed by atoms with Crippen LogP contribution in [0.2, 0.25) is 0 Å². The van der Waals surface area contributed by atoms with E-state index in [9.17, 15) is 0 Å². The van der Waals surface area contributed by atoms with Crippen LogP contribution in [0.15, 0.2) is 35.3 Å². The van der Waals surface area contributed by atoms with E-state index >= 15 is 0 Å². The van der Waals surface area contributed by atoms with Crippen LogP contribution in [0.25, 0.3) is 0 Å². The fourth-order valence-electron chi connectivity index (χ4n) is 1.90. The Bertz CT molecular complexity index is 391. The lowest BCUT2D eigenvalue weighted by molar-refractivity contribution is 0.676. The van der Waals surface area contributed by atoms with Crippen LogP contribution in [0.5, 0.6) is 0 Å². The van der Waals surface area contributed by atoms with E-state index in [4.69, 9.17) is 0 Å². The van der Waals surface area contributed by atoms with E-state index in [1.165, 1.54) is 12.0 Å². The summed E-state index contributed by atoms with van der Waals surface area (Å²) < 4.78 is 0. The van der Waals surface area contributed by atoms with Gasteiger partial charge in [-0.2, -0.15) is 0 Å². The average molecular weight is 359 g/mol. The van der Waals surface area contributed by atoms with E-state index in [2.05, 4.69) is 53.7 Å². The third kappa shape index (κ3) is 4.15. The first-order chi connectivity index (χ1) is 8.20. The molecule has 0 saturated heterocycles. The molecule has 3 atom stereocenters. The van der Waals surface area contributed by atoms with Gasteiger partial charge in [0.25, 0.3) is 0 Å². The van der Waals surface area contributed by atoms with Crippen molar-refractivity contribution < 1.29 is 0 Å². The number of guanidine groups is 1. The summed E-state index contributed by atoms with van der Waals surface area (Å²) in [7, 11) is 1.82. The number of benzene rings is 1. The van der Waals surface area contributed by atoms with Crippen molar-refractivity contribution in [3.8, 4) is 0 Å². The molecule has 2 rings (SSSR count). The highest BCUT2D eigenvalue weighted by molar-refractivity contribution is 14.0. The summed E-state index contributed by atoms with van der Waals surface area (Å²) in [5.74, 6) is 1.68. The van der Waals surface area contributed by atoms with Gasteiger partial charge in [0.15, 0.2) is 5.96 Å². The molecule has 0 heterocycles. The minimum absolute atomic E-state index is 0. The molecule has 100 valence electrons. The van der Waals surface area contributed by atoms with E-state index in [-0.39, 0.29) is 30.0 Å². The minimum atomic E-state index is 0. The first-order valence-corrected chi connectivity index (χ1v) is 6.25. The molecule has 1 aliphatic rings. The van der Waals surface area contributed by atoms with E-state index in [1.54, 1.807) is 0 Å². The molecule has 0 amide bonds. The lowest BCUT2D eigenvalue weighted by Crippen LogP contribution is -2.40. The molecule has 18 heavy (non-hydrogen) atoms. The highest BCUT2D eigenvalue weighted by Gasteiger charge is 2.33. The number of aliphatic imine (C=N–C) groups is 1. The number of nitrogens with zero attached hydrogens (tertiary/aromatic N) is 1. The monoisotopic (exact) mass is 359 g/mol. The molecule has 1 aromatic rings. The van der Waals surface area contributed by atoms with Gasteiger partial charge in [-0.3, -0.25) is 4.99 Å². The number of hydrogen-bond acceptors (Lipinski definition) is 1. The molecule has 1 saturated carbocycles. The fraction of sp³-hybridized carbons (Fsp3) is 0.500. The molecule has 0 aromatic heterocycles. The first-order valence-electron chi connectivity index (χ1n) is 6.25. The van der Waals surface area contributed by atoms with Crippen molar-refractivity contribution in [1.82, 2.24) is 10.6 Å². The molecule has 4 heteroatoms. The Kier molecular flexibility index (Phi) is 5.91. The Labute approximate surface area is 126 Å². The smallest absolute Gasteiger partial charge is 0.191 e. The third-order valence-electron chi connectivity index (χ3n) is 3.31. The zero-order valence-corrected chi connectivity index (χ0v) is 13.5. The Morgan fingerprint density at radius 2 is 1.94 bits per heavy atom. The summed E-state index contributed by atoms with van der Waals surface area (Å²) in [5.41, 5.74) is 1.28. The molecule has 0 bridgehead atoms. The lowest BCUT2D eigenvalue weighted by Gasteiger charge is -2.18. The van der Waals surface area contributed by atoms with Crippen molar-refractivity contribution in [1.29, 1.82) is 0 Å². The summed E-state index contributed by atoms with van der Waals surface area (Å²) >= 11 is 0. The molecule has 3 unspecified atom stereocenters. The SMILES string of the molecule is CN=C(NC(C)c1ccccc1)NC1CC1C.I. The molecular weight excluding hydrogens is 337 g/mol. The van der Waals surface area contributed by atoms with Gasteiger partial charge in [0, 0.05) is 13.1 Å². The summed E-state index contributed by atoms with van der Waals surface area (Å²) in [6.07, 6.45) is 1.25. The zero-order valence-electron chi connectivity index (χ0n) is 11.2. The predicted octanol–water partition coefficient (Wildman–Crippen LogP) is 2.94. The van der Waals surface area contributed by atoms with Gasteiger partial charge < -0.3 is 10.6 Å². The van der Waals surface area contributed by atoms with Crippen LogP contribution in [0.3, 0.4) is 0 Å². The molecule has 0 aliphatic heterocycles. The largest absolute Gasteiger partial charge is 0.353 e. The summed E-state index contributed by atoms with van der Waals surface area (Å²) in [4.78, 5) is 4.26. The van der Waals surface area contributed by atoms with Gasteiger partial charge >= 0.3 is 0 Å². The van der Waals surface area contributed by atoms with Gasteiger partial charge in [-0.15, -0.1) is 24.0 Å². The van der Waals surface area contributed by atoms with E-state index in [0.29, 0.717) is 6.04 Å². The second kappa shape index (κ2) is 6.97. The van der Waals surface area contributed by atoms with Crippen LogP contribution in [0.4, 0.5) is 0 Å². The summed E-state index contributed by atoms with van der Waals surface area (Å²) in [5, 5.41) is 6.84. The highest BCUT2D eigenvalue weighted by atomic mass is 127. The maximum absolute atomic E-state index is 4.26. The Morgan fingerprint density at radius 1 is 1.33 bits per heavy atom. The molecule has 3 nitrogen and oxygen atoms in total. The van der Waals surface area contributed by atoms with Crippen LogP contribution in [-0.2, 0) is 0 Å². The zero-order chi connectivity index (χ0) is 12.3. The van der Waals surface area contributed by atoms with Crippen LogP contribution in [0, 0.1) is 5.92 Å². The topological polar surface area (TPSA) is 36.4 Å². The molecule has 1 fully saturated rings. The Balaban J connectivity index is 0.00000162.